The van der Waals surface area contributed by atoms with Gasteiger partial charge in [-0.15, -0.1) is 0 Å². The van der Waals surface area contributed by atoms with Gasteiger partial charge in [0.1, 0.15) is 16.2 Å². The summed E-state index contributed by atoms with van der Waals surface area (Å²) in [6, 6.07) is 7.14. The average molecular weight is 581 g/mol. The van der Waals surface area contributed by atoms with Crippen molar-refractivity contribution < 1.29 is 13.2 Å². The molecule has 5 rings (SSSR count). The normalized spacial score (nSPS) is 15.0. The van der Waals surface area contributed by atoms with Crippen LogP contribution in [0.3, 0.4) is 0 Å². The highest BCUT2D eigenvalue weighted by atomic mass is 32.2. The molecule has 4 aromatic rings. The molecular formula is C28H36N8O4S. The first-order valence-electron chi connectivity index (χ1n) is 14.1. The quantitative estimate of drug-likeness (QED) is 0.284. The molecule has 0 radical (unpaired) electrons. The number of hydrogen-bond donors (Lipinski definition) is 1. The summed E-state index contributed by atoms with van der Waals surface area (Å²) in [6.45, 7) is 9.93. The molecule has 0 atom stereocenters. The van der Waals surface area contributed by atoms with Gasteiger partial charge in [0.15, 0.2) is 5.52 Å². The largest absolute Gasteiger partial charge is 0.477 e. The summed E-state index contributed by atoms with van der Waals surface area (Å²) in [4.78, 5) is 31.9. The van der Waals surface area contributed by atoms with Gasteiger partial charge in [-0.2, -0.15) is 9.40 Å². The number of nitrogens with zero attached hydrogens (tertiary/aromatic N) is 7. The van der Waals surface area contributed by atoms with Crippen molar-refractivity contribution in [2.75, 3.05) is 39.3 Å². The molecule has 218 valence electrons. The molecule has 1 saturated heterocycles. The van der Waals surface area contributed by atoms with Gasteiger partial charge in [0.05, 0.1) is 36.3 Å². The summed E-state index contributed by atoms with van der Waals surface area (Å²) in [7, 11) is -3.82. The summed E-state index contributed by atoms with van der Waals surface area (Å²) in [5, 5.41) is 4.54. The van der Waals surface area contributed by atoms with Crippen LogP contribution in [-0.2, 0) is 23.0 Å². The maximum atomic E-state index is 13.6. The Morgan fingerprint density at radius 1 is 1.02 bits per heavy atom. The van der Waals surface area contributed by atoms with Crippen LogP contribution in [0, 0.1) is 0 Å². The maximum absolute atomic E-state index is 13.6. The monoisotopic (exact) mass is 580 g/mol. The summed E-state index contributed by atoms with van der Waals surface area (Å²) in [5.74, 6) is 0.387. The Balaban J connectivity index is 1.56. The smallest absolute Gasteiger partial charge is 0.279 e. The lowest BCUT2D eigenvalue weighted by molar-refractivity contribution is 0.188. The topological polar surface area (TPSA) is 139 Å². The minimum atomic E-state index is -3.82. The number of hydrogen-bond acceptors (Lipinski definition) is 9. The van der Waals surface area contributed by atoms with Crippen molar-refractivity contribution in [1.29, 1.82) is 0 Å². The SMILES string of the molecule is CCCOc1ncc(S(=O)(=O)N2CCN(CCC)CC2)cc1-c1nc2c(CC)n(Cc3ccccn3)nc2c(=O)[nH]1. The van der Waals surface area contributed by atoms with E-state index in [0.29, 0.717) is 56.8 Å². The minimum Gasteiger partial charge on any atom is -0.477 e. The molecule has 0 saturated carbocycles. The molecule has 1 aliphatic heterocycles. The highest BCUT2D eigenvalue weighted by Gasteiger charge is 2.30. The number of fused-ring (bicyclic) bond motifs is 1. The zero-order chi connectivity index (χ0) is 29.0. The molecule has 0 aromatic carbocycles. The first-order valence-corrected chi connectivity index (χ1v) is 15.5. The molecule has 1 fully saturated rings. The number of aromatic amines is 1. The lowest BCUT2D eigenvalue weighted by atomic mass is 10.2. The van der Waals surface area contributed by atoms with Crippen LogP contribution in [0.5, 0.6) is 5.88 Å². The molecule has 0 bridgehead atoms. The third kappa shape index (κ3) is 6.02. The van der Waals surface area contributed by atoms with E-state index in [1.807, 2.05) is 32.0 Å². The molecule has 12 nitrogen and oxygen atoms in total. The third-order valence-corrected chi connectivity index (χ3v) is 8.97. The average Bonchev–Trinajstić information content (AvgIpc) is 3.34. The van der Waals surface area contributed by atoms with E-state index in [-0.39, 0.29) is 22.1 Å². The van der Waals surface area contributed by atoms with Gasteiger partial charge in [0, 0.05) is 32.4 Å². The van der Waals surface area contributed by atoms with E-state index in [1.165, 1.54) is 16.6 Å². The Morgan fingerprint density at radius 3 is 2.51 bits per heavy atom. The third-order valence-electron chi connectivity index (χ3n) is 7.11. The number of ether oxygens (including phenoxy) is 1. The zero-order valence-corrected chi connectivity index (χ0v) is 24.5. The van der Waals surface area contributed by atoms with Gasteiger partial charge < -0.3 is 14.6 Å². The van der Waals surface area contributed by atoms with Crippen molar-refractivity contribution in [3.8, 4) is 17.3 Å². The Bertz CT molecular complexity index is 1660. The summed E-state index contributed by atoms with van der Waals surface area (Å²) in [5.41, 5.74) is 2.11. The molecule has 5 heterocycles. The van der Waals surface area contributed by atoms with Crippen molar-refractivity contribution >= 4 is 21.1 Å². The van der Waals surface area contributed by atoms with Crippen molar-refractivity contribution in [3.63, 3.8) is 0 Å². The van der Waals surface area contributed by atoms with Crippen LogP contribution in [0.1, 0.15) is 45.0 Å². The van der Waals surface area contributed by atoms with Crippen LogP contribution in [0.4, 0.5) is 0 Å². The molecule has 0 aliphatic carbocycles. The van der Waals surface area contributed by atoms with E-state index in [1.54, 1.807) is 10.9 Å². The number of H-pyrrole nitrogens is 1. The lowest BCUT2D eigenvalue weighted by Crippen LogP contribution is -2.48. The number of sulfonamides is 1. The maximum Gasteiger partial charge on any atom is 0.279 e. The van der Waals surface area contributed by atoms with E-state index in [2.05, 4.69) is 31.9 Å². The molecular weight excluding hydrogens is 544 g/mol. The van der Waals surface area contributed by atoms with E-state index in [0.717, 1.165) is 30.8 Å². The second-order valence-electron chi connectivity index (χ2n) is 10.0. The zero-order valence-electron chi connectivity index (χ0n) is 23.7. The summed E-state index contributed by atoms with van der Waals surface area (Å²) >= 11 is 0. The fraction of sp³-hybridized carbons (Fsp3) is 0.464. The van der Waals surface area contributed by atoms with E-state index < -0.39 is 15.6 Å². The van der Waals surface area contributed by atoms with Gasteiger partial charge >= 0.3 is 0 Å². The fourth-order valence-electron chi connectivity index (χ4n) is 5.03. The van der Waals surface area contributed by atoms with Crippen LogP contribution < -0.4 is 10.3 Å². The standard InChI is InChI=1S/C28H36N8O4S/c1-4-11-34-12-14-35(15-13-34)41(38,39)21-17-22(28(30-18-21)40-16-5-2)26-31-24-23(6-3)36(33-25(24)27(37)32-26)19-20-9-7-8-10-29-20/h7-10,17-18H,4-6,11-16,19H2,1-3H3,(H,31,32,37). The number of nitrogens with one attached hydrogen (secondary N) is 1. The lowest BCUT2D eigenvalue weighted by Gasteiger charge is -2.33. The second kappa shape index (κ2) is 12.5. The molecule has 41 heavy (non-hydrogen) atoms. The number of aromatic nitrogens is 6. The number of aryl methyl sites for hydroxylation is 1. The highest BCUT2D eigenvalue weighted by molar-refractivity contribution is 7.89. The van der Waals surface area contributed by atoms with Crippen LogP contribution in [0.15, 0.2) is 46.3 Å². The van der Waals surface area contributed by atoms with Gasteiger partial charge in [0.2, 0.25) is 15.9 Å². The molecule has 0 unspecified atom stereocenters. The summed E-state index contributed by atoms with van der Waals surface area (Å²) < 4.78 is 36.4. The molecule has 13 heteroatoms. The highest BCUT2D eigenvalue weighted by Crippen LogP contribution is 2.30. The van der Waals surface area contributed by atoms with E-state index >= 15 is 0 Å². The summed E-state index contributed by atoms with van der Waals surface area (Å²) in [6.07, 6.45) is 5.36. The van der Waals surface area contributed by atoms with Gasteiger partial charge in [0.25, 0.3) is 5.56 Å². The number of pyridine rings is 2. The number of piperazine rings is 1. The van der Waals surface area contributed by atoms with Crippen molar-refractivity contribution in [1.82, 2.24) is 38.9 Å². The molecule has 1 aliphatic rings. The molecule has 4 aromatic heterocycles. The first kappa shape index (κ1) is 28.8. The van der Waals surface area contributed by atoms with Crippen LogP contribution in [0.25, 0.3) is 22.4 Å². The van der Waals surface area contributed by atoms with Crippen LogP contribution >= 0.6 is 0 Å². The minimum absolute atomic E-state index is 0.0320. The fourth-order valence-corrected chi connectivity index (χ4v) is 6.43. The molecule has 0 amide bonds. The predicted octanol–water partition coefficient (Wildman–Crippen LogP) is 2.69. The molecule has 1 N–H and O–H groups in total. The van der Waals surface area contributed by atoms with Gasteiger partial charge in [-0.25, -0.2) is 18.4 Å². The van der Waals surface area contributed by atoms with Crippen LogP contribution in [-0.4, -0.2) is 86.7 Å². The van der Waals surface area contributed by atoms with Crippen molar-refractivity contribution in [2.45, 2.75) is 51.5 Å². The Hall–Kier alpha value is -3.68. The van der Waals surface area contributed by atoms with Crippen molar-refractivity contribution in [2.24, 2.45) is 0 Å². The van der Waals surface area contributed by atoms with Crippen molar-refractivity contribution in [3.05, 3.63) is 58.4 Å². The van der Waals surface area contributed by atoms with E-state index in [9.17, 15) is 13.2 Å². The Labute approximate surface area is 239 Å². The molecule has 0 spiro atoms. The van der Waals surface area contributed by atoms with E-state index in [4.69, 9.17) is 9.72 Å². The van der Waals surface area contributed by atoms with Crippen LogP contribution in [0.2, 0.25) is 0 Å². The first-order chi connectivity index (χ1) is 19.8. The number of rotatable bonds is 11. The Kier molecular flexibility index (Phi) is 8.76. The second-order valence-corrected chi connectivity index (χ2v) is 11.9. The predicted molar refractivity (Wildman–Crippen MR) is 155 cm³/mol. The Morgan fingerprint density at radius 2 is 1.83 bits per heavy atom. The van der Waals surface area contributed by atoms with Gasteiger partial charge in [-0.1, -0.05) is 26.8 Å². The van der Waals surface area contributed by atoms with Gasteiger partial charge in [-0.05, 0) is 44.0 Å². The van der Waals surface area contributed by atoms with Gasteiger partial charge in [-0.3, -0.25) is 14.5 Å².